The molecule has 2 atom stereocenters. The van der Waals surface area contributed by atoms with Crippen molar-refractivity contribution in [1.82, 2.24) is 14.9 Å². The molecule has 188 valence electrons. The van der Waals surface area contributed by atoms with Crippen LogP contribution < -0.4 is 5.32 Å². The number of aryl methyl sites for hydroxylation is 1. The third-order valence-corrected chi connectivity index (χ3v) is 5.84. The van der Waals surface area contributed by atoms with E-state index in [9.17, 15) is 35.9 Å². The van der Waals surface area contributed by atoms with Gasteiger partial charge in [-0.1, -0.05) is 18.2 Å². The smallest absolute Gasteiger partial charge is 0.334 e. The Balaban J connectivity index is 1.91. The third kappa shape index (κ3) is 4.75. The van der Waals surface area contributed by atoms with Gasteiger partial charge in [0, 0.05) is 24.5 Å². The molecule has 3 aromatic rings. The van der Waals surface area contributed by atoms with Gasteiger partial charge in [-0.15, -0.1) is 0 Å². The number of carbonyl (C=O) groups excluding carboxylic acids is 2. The number of hydrogen-bond acceptors (Lipinski definition) is 4. The molecule has 0 saturated carbocycles. The molecule has 6 nitrogen and oxygen atoms in total. The molecule has 12 heteroatoms. The molecule has 2 unspecified atom stereocenters. The van der Waals surface area contributed by atoms with Crippen LogP contribution in [0.3, 0.4) is 0 Å². The number of amides is 2. The SMILES string of the molecule is Cc1ccnc(NC(=O)C2c3ccccc3C(=O)N(C)C2c2cc(C(F)(F)F)cc(C(F)(F)F)c2)n1. The van der Waals surface area contributed by atoms with Crippen LogP contribution in [0.2, 0.25) is 0 Å². The van der Waals surface area contributed by atoms with Gasteiger partial charge in [0.25, 0.3) is 5.91 Å². The molecule has 2 aromatic carbocycles. The molecule has 0 spiro atoms. The Morgan fingerprint density at radius 3 is 2.17 bits per heavy atom. The summed E-state index contributed by atoms with van der Waals surface area (Å²) in [4.78, 5) is 35.5. The van der Waals surface area contributed by atoms with E-state index in [4.69, 9.17) is 0 Å². The van der Waals surface area contributed by atoms with Crippen LogP contribution in [0, 0.1) is 6.92 Å². The number of hydrogen-bond donors (Lipinski definition) is 1. The number of anilines is 1. The lowest BCUT2D eigenvalue weighted by atomic mass is 9.78. The highest BCUT2D eigenvalue weighted by molar-refractivity contribution is 6.03. The Hall–Kier alpha value is -3.96. The Morgan fingerprint density at radius 2 is 1.58 bits per heavy atom. The van der Waals surface area contributed by atoms with Crippen LogP contribution >= 0.6 is 0 Å². The molecule has 4 rings (SSSR count). The molecule has 1 aliphatic heterocycles. The average Bonchev–Trinajstić information content (AvgIpc) is 2.79. The molecule has 36 heavy (non-hydrogen) atoms. The monoisotopic (exact) mass is 508 g/mol. The predicted molar refractivity (Wildman–Crippen MR) is 116 cm³/mol. The molecule has 2 heterocycles. The minimum atomic E-state index is -5.10. The molecule has 0 fully saturated rings. The summed E-state index contributed by atoms with van der Waals surface area (Å²) in [5, 5.41) is 2.47. The first-order valence-corrected chi connectivity index (χ1v) is 10.5. The van der Waals surface area contributed by atoms with Gasteiger partial charge in [0.05, 0.1) is 23.1 Å². The maximum absolute atomic E-state index is 13.6. The van der Waals surface area contributed by atoms with E-state index in [2.05, 4.69) is 15.3 Å². The highest BCUT2D eigenvalue weighted by atomic mass is 19.4. The van der Waals surface area contributed by atoms with E-state index in [-0.39, 0.29) is 23.1 Å². The standard InChI is InChI=1S/C24H18F6N4O2/c1-12-7-8-31-22(32-12)33-20(35)18-16-5-3-4-6-17(16)21(36)34(2)19(18)13-9-14(23(25,26)27)11-15(10-13)24(28,29)30/h3-11,18-19H,1-2H3,(H,31,32,33,35). The highest BCUT2D eigenvalue weighted by Gasteiger charge is 2.45. The molecule has 1 aliphatic rings. The Bertz CT molecular complexity index is 1310. The van der Waals surface area contributed by atoms with Gasteiger partial charge < -0.3 is 4.90 Å². The topological polar surface area (TPSA) is 75.2 Å². The minimum absolute atomic E-state index is 0.00222. The van der Waals surface area contributed by atoms with Crippen molar-refractivity contribution >= 4 is 17.8 Å². The van der Waals surface area contributed by atoms with Gasteiger partial charge >= 0.3 is 12.4 Å². The van der Waals surface area contributed by atoms with Crippen molar-refractivity contribution in [3.05, 3.63) is 88.2 Å². The van der Waals surface area contributed by atoms with Crippen molar-refractivity contribution in [2.75, 3.05) is 12.4 Å². The molecule has 0 radical (unpaired) electrons. The van der Waals surface area contributed by atoms with E-state index in [1.165, 1.54) is 37.5 Å². The number of nitrogens with one attached hydrogen (secondary N) is 1. The van der Waals surface area contributed by atoms with Gasteiger partial charge in [0.2, 0.25) is 11.9 Å². The van der Waals surface area contributed by atoms with E-state index in [1.807, 2.05) is 0 Å². The van der Waals surface area contributed by atoms with E-state index in [0.717, 1.165) is 4.90 Å². The number of alkyl halides is 6. The normalized spacial score (nSPS) is 18.1. The highest BCUT2D eigenvalue weighted by Crippen LogP contribution is 2.45. The first-order chi connectivity index (χ1) is 16.8. The lowest BCUT2D eigenvalue weighted by Gasteiger charge is -2.40. The Labute approximate surface area is 201 Å². The zero-order valence-corrected chi connectivity index (χ0v) is 18.8. The Morgan fingerprint density at radius 1 is 0.972 bits per heavy atom. The number of fused-ring (bicyclic) bond motifs is 1. The van der Waals surface area contributed by atoms with Gasteiger partial charge in [-0.3, -0.25) is 14.9 Å². The van der Waals surface area contributed by atoms with Crippen molar-refractivity contribution in [2.24, 2.45) is 0 Å². The second-order valence-electron chi connectivity index (χ2n) is 8.28. The minimum Gasteiger partial charge on any atom is -0.334 e. The van der Waals surface area contributed by atoms with E-state index in [0.29, 0.717) is 17.8 Å². The van der Waals surface area contributed by atoms with Gasteiger partial charge in [0.15, 0.2) is 0 Å². The van der Waals surface area contributed by atoms with Crippen LogP contribution in [0.5, 0.6) is 0 Å². The maximum Gasteiger partial charge on any atom is 0.416 e. The van der Waals surface area contributed by atoms with E-state index < -0.39 is 52.8 Å². The number of rotatable bonds is 3. The lowest BCUT2D eigenvalue weighted by molar-refractivity contribution is -0.143. The van der Waals surface area contributed by atoms with Crippen molar-refractivity contribution < 1.29 is 35.9 Å². The molecule has 2 amide bonds. The summed E-state index contributed by atoms with van der Waals surface area (Å²) >= 11 is 0. The van der Waals surface area contributed by atoms with Crippen LogP contribution in [0.1, 0.15) is 50.3 Å². The fourth-order valence-corrected chi connectivity index (χ4v) is 4.22. The van der Waals surface area contributed by atoms with E-state index >= 15 is 0 Å². The third-order valence-electron chi connectivity index (χ3n) is 5.84. The van der Waals surface area contributed by atoms with Crippen molar-refractivity contribution in [2.45, 2.75) is 31.2 Å². The molecule has 1 aromatic heterocycles. The fourth-order valence-electron chi connectivity index (χ4n) is 4.22. The van der Waals surface area contributed by atoms with Crippen molar-refractivity contribution in [1.29, 1.82) is 0 Å². The van der Waals surface area contributed by atoms with Crippen LogP contribution in [-0.4, -0.2) is 33.7 Å². The van der Waals surface area contributed by atoms with Gasteiger partial charge in [-0.25, -0.2) is 9.97 Å². The quantitative estimate of drug-likeness (QED) is 0.483. The van der Waals surface area contributed by atoms with Crippen LogP contribution in [-0.2, 0) is 17.1 Å². The van der Waals surface area contributed by atoms with E-state index in [1.54, 1.807) is 13.0 Å². The molecule has 0 aliphatic carbocycles. The summed E-state index contributed by atoms with van der Waals surface area (Å²) in [6, 6.07) is 7.07. The van der Waals surface area contributed by atoms with Crippen LogP contribution in [0.25, 0.3) is 0 Å². The number of aromatic nitrogens is 2. The number of likely N-dealkylation sites (N-methyl/N-ethyl adjacent to an activating group) is 1. The summed E-state index contributed by atoms with van der Waals surface area (Å²) < 4.78 is 81.3. The zero-order valence-electron chi connectivity index (χ0n) is 18.8. The summed E-state index contributed by atoms with van der Waals surface area (Å²) in [5.41, 5.74) is -2.82. The molecule has 1 N–H and O–H groups in total. The van der Waals surface area contributed by atoms with Gasteiger partial charge in [-0.05, 0) is 48.4 Å². The summed E-state index contributed by atoms with van der Waals surface area (Å²) in [6.07, 6.45) is -8.82. The largest absolute Gasteiger partial charge is 0.416 e. The first-order valence-electron chi connectivity index (χ1n) is 10.5. The summed E-state index contributed by atoms with van der Waals surface area (Å²) in [5.74, 6) is -2.92. The maximum atomic E-state index is 13.6. The average molecular weight is 508 g/mol. The number of halogens is 6. The zero-order chi connectivity index (χ0) is 26.4. The lowest BCUT2D eigenvalue weighted by Crippen LogP contribution is -2.44. The summed E-state index contributed by atoms with van der Waals surface area (Å²) in [6.45, 7) is 1.64. The molecule has 0 bridgehead atoms. The van der Waals surface area contributed by atoms with Gasteiger partial charge in [0.1, 0.15) is 0 Å². The van der Waals surface area contributed by atoms with Crippen molar-refractivity contribution in [3.8, 4) is 0 Å². The Kier molecular flexibility index (Phi) is 6.23. The van der Waals surface area contributed by atoms with Crippen molar-refractivity contribution in [3.63, 3.8) is 0 Å². The number of carbonyl (C=O) groups is 2. The molecular formula is C24H18F6N4O2. The molecular weight excluding hydrogens is 490 g/mol. The fraction of sp³-hybridized carbons (Fsp3) is 0.250. The second kappa shape index (κ2) is 8.92. The van der Waals surface area contributed by atoms with Crippen LogP contribution in [0.15, 0.2) is 54.7 Å². The number of nitrogens with zero attached hydrogens (tertiary/aromatic N) is 3. The second-order valence-corrected chi connectivity index (χ2v) is 8.28. The van der Waals surface area contributed by atoms with Crippen LogP contribution in [0.4, 0.5) is 32.3 Å². The number of benzene rings is 2. The molecule has 0 saturated heterocycles. The predicted octanol–water partition coefficient (Wildman–Crippen LogP) is 5.37. The summed E-state index contributed by atoms with van der Waals surface area (Å²) in [7, 11) is 1.22. The first kappa shape index (κ1) is 25.1. The van der Waals surface area contributed by atoms with Gasteiger partial charge in [-0.2, -0.15) is 26.3 Å².